The maximum atomic E-state index is 5.54. The third kappa shape index (κ3) is 2.20. The molecule has 72 valence electrons. The van der Waals surface area contributed by atoms with Crippen molar-refractivity contribution in [3.05, 3.63) is 0 Å². The molecule has 2 heteroatoms. The average molecular weight is 170 g/mol. The fourth-order valence-corrected chi connectivity index (χ4v) is 2.35. The van der Waals surface area contributed by atoms with Gasteiger partial charge in [0.05, 0.1) is 0 Å². The highest BCUT2D eigenvalue weighted by molar-refractivity contribution is 4.82. The van der Waals surface area contributed by atoms with Crippen LogP contribution in [-0.2, 0) is 0 Å². The molecular formula is C10H22N2. The van der Waals surface area contributed by atoms with Gasteiger partial charge in [-0.3, -0.25) is 11.3 Å². The largest absolute Gasteiger partial charge is 0.271 e. The van der Waals surface area contributed by atoms with Gasteiger partial charge in [0.2, 0.25) is 0 Å². The van der Waals surface area contributed by atoms with Gasteiger partial charge in [0.1, 0.15) is 0 Å². The third-order valence-corrected chi connectivity index (χ3v) is 3.41. The van der Waals surface area contributed by atoms with Crippen molar-refractivity contribution >= 4 is 0 Å². The van der Waals surface area contributed by atoms with Crippen molar-refractivity contribution in [3.8, 4) is 0 Å². The first-order valence-electron chi connectivity index (χ1n) is 5.25. The minimum Gasteiger partial charge on any atom is -0.271 e. The van der Waals surface area contributed by atoms with Gasteiger partial charge in [-0.1, -0.05) is 33.1 Å². The summed E-state index contributed by atoms with van der Waals surface area (Å²) in [5, 5.41) is 0. The zero-order chi connectivity index (χ0) is 8.97. The van der Waals surface area contributed by atoms with E-state index in [-0.39, 0.29) is 0 Å². The number of hydrogen-bond donors (Lipinski definition) is 2. The molecule has 1 aliphatic carbocycles. The molecule has 0 radical (unpaired) electrons. The quantitative estimate of drug-likeness (QED) is 0.502. The van der Waals surface area contributed by atoms with Crippen LogP contribution < -0.4 is 11.3 Å². The Hall–Kier alpha value is -0.0800. The molecule has 0 aromatic carbocycles. The summed E-state index contributed by atoms with van der Waals surface area (Å²) >= 11 is 0. The minimum absolute atomic E-state index is 0.577. The van der Waals surface area contributed by atoms with Crippen molar-refractivity contribution in [2.24, 2.45) is 17.7 Å². The summed E-state index contributed by atoms with van der Waals surface area (Å²) in [6, 6.07) is 0.577. The second-order valence-electron chi connectivity index (χ2n) is 4.11. The highest BCUT2D eigenvalue weighted by atomic mass is 15.2. The molecule has 1 aliphatic rings. The van der Waals surface area contributed by atoms with E-state index in [1.165, 1.54) is 32.1 Å². The van der Waals surface area contributed by atoms with E-state index < -0.39 is 0 Å². The summed E-state index contributed by atoms with van der Waals surface area (Å²) in [4.78, 5) is 0. The van der Waals surface area contributed by atoms with Gasteiger partial charge >= 0.3 is 0 Å². The molecule has 0 spiro atoms. The number of hydrazine groups is 1. The molecule has 2 nitrogen and oxygen atoms in total. The Morgan fingerprint density at radius 1 is 1.42 bits per heavy atom. The number of nitrogens with two attached hydrogens (primary N) is 1. The van der Waals surface area contributed by atoms with Gasteiger partial charge in [0.25, 0.3) is 0 Å². The molecule has 0 heterocycles. The molecule has 1 saturated carbocycles. The van der Waals surface area contributed by atoms with E-state index in [0.29, 0.717) is 6.04 Å². The molecule has 0 saturated heterocycles. The van der Waals surface area contributed by atoms with Gasteiger partial charge in [0.15, 0.2) is 0 Å². The van der Waals surface area contributed by atoms with Gasteiger partial charge in [-0.15, -0.1) is 0 Å². The zero-order valence-corrected chi connectivity index (χ0v) is 8.34. The molecule has 12 heavy (non-hydrogen) atoms. The maximum absolute atomic E-state index is 5.54. The van der Waals surface area contributed by atoms with Gasteiger partial charge in [-0.2, -0.15) is 0 Å². The summed E-state index contributed by atoms with van der Waals surface area (Å²) in [5.74, 6) is 7.18. The Bertz CT molecular complexity index is 125. The lowest BCUT2D eigenvalue weighted by Gasteiger charge is -2.34. The van der Waals surface area contributed by atoms with Crippen molar-refractivity contribution in [2.45, 2.75) is 52.0 Å². The molecule has 0 aliphatic heterocycles. The van der Waals surface area contributed by atoms with Crippen LogP contribution in [0.4, 0.5) is 0 Å². The highest BCUT2D eigenvalue weighted by Gasteiger charge is 2.27. The van der Waals surface area contributed by atoms with Gasteiger partial charge in [0, 0.05) is 6.04 Å². The standard InChI is InChI=1S/C10H22N2/c1-3-8(2)9-6-4-5-7-10(9)12-11/h8-10,12H,3-7,11H2,1-2H3. The minimum atomic E-state index is 0.577. The SMILES string of the molecule is CCC(C)C1CCCCC1NN. The van der Waals surface area contributed by atoms with Crippen LogP contribution in [0.2, 0.25) is 0 Å². The van der Waals surface area contributed by atoms with Crippen LogP contribution in [0.3, 0.4) is 0 Å². The predicted molar refractivity (Wildman–Crippen MR) is 52.5 cm³/mol. The Balaban J connectivity index is 2.46. The Labute approximate surface area is 75.9 Å². The van der Waals surface area contributed by atoms with E-state index in [0.717, 1.165) is 11.8 Å². The molecule has 3 atom stereocenters. The average Bonchev–Trinajstić information content (AvgIpc) is 2.16. The molecule has 0 bridgehead atoms. The van der Waals surface area contributed by atoms with Crippen molar-refractivity contribution in [1.82, 2.24) is 5.43 Å². The van der Waals surface area contributed by atoms with Crippen molar-refractivity contribution in [2.75, 3.05) is 0 Å². The van der Waals surface area contributed by atoms with Crippen LogP contribution in [0.15, 0.2) is 0 Å². The summed E-state index contributed by atoms with van der Waals surface area (Å²) in [6.07, 6.45) is 6.66. The summed E-state index contributed by atoms with van der Waals surface area (Å²) < 4.78 is 0. The Morgan fingerprint density at radius 3 is 2.67 bits per heavy atom. The van der Waals surface area contributed by atoms with Crippen LogP contribution >= 0.6 is 0 Å². The summed E-state index contributed by atoms with van der Waals surface area (Å²) in [5.41, 5.74) is 2.97. The molecule has 0 amide bonds. The normalized spacial score (nSPS) is 33.2. The van der Waals surface area contributed by atoms with Gasteiger partial charge in [-0.05, 0) is 24.7 Å². The zero-order valence-electron chi connectivity index (χ0n) is 8.34. The van der Waals surface area contributed by atoms with E-state index in [1.807, 2.05) is 0 Å². The molecule has 0 aromatic heterocycles. The van der Waals surface area contributed by atoms with Crippen LogP contribution in [0.1, 0.15) is 46.0 Å². The van der Waals surface area contributed by atoms with Crippen LogP contribution in [-0.4, -0.2) is 6.04 Å². The van der Waals surface area contributed by atoms with Gasteiger partial charge in [-0.25, -0.2) is 0 Å². The second kappa shape index (κ2) is 4.83. The molecule has 1 fully saturated rings. The van der Waals surface area contributed by atoms with Crippen molar-refractivity contribution in [1.29, 1.82) is 0 Å². The highest BCUT2D eigenvalue weighted by Crippen LogP contribution is 2.31. The van der Waals surface area contributed by atoms with E-state index in [9.17, 15) is 0 Å². The number of hydrogen-bond acceptors (Lipinski definition) is 2. The van der Waals surface area contributed by atoms with E-state index in [2.05, 4.69) is 19.3 Å². The predicted octanol–water partition coefficient (Wildman–Crippen LogP) is 2.05. The molecule has 1 rings (SSSR count). The second-order valence-corrected chi connectivity index (χ2v) is 4.11. The number of nitrogens with one attached hydrogen (secondary N) is 1. The lowest BCUT2D eigenvalue weighted by Crippen LogP contribution is -2.44. The molecule has 3 unspecified atom stereocenters. The summed E-state index contributed by atoms with van der Waals surface area (Å²) in [7, 11) is 0. The van der Waals surface area contributed by atoms with Gasteiger partial charge < -0.3 is 0 Å². The third-order valence-electron chi connectivity index (χ3n) is 3.41. The fourth-order valence-electron chi connectivity index (χ4n) is 2.35. The van der Waals surface area contributed by atoms with Crippen molar-refractivity contribution in [3.63, 3.8) is 0 Å². The molecular weight excluding hydrogens is 148 g/mol. The van der Waals surface area contributed by atoms with E-state index in [1.54, 1.807) is 0 Å². The smallest absolute Gasteiger partial charge is 0.0241 e. The Morgan fingerprint density at radius 2 is 2.08 bits per heavy atom. The summed E-state index contributed by atoms with van der Waals surface area (Å²) in [6.45, 7) is 4.62. The van der Waals surface area contributed by atoms with Crippen molar-refractivity contribution < 1.29 is 0 Å². The Kier molecular flexibility index (Phi) is 4.02. The number of rotatable bonds is 3. The maximum Gasteiger partial charge on any atom is 0.0241 e. The van der Waals surface area contributed by atoms with Crippen LogP contribution in [0, 0.1) is 11.8 Å². The first-order valence-corrected chi connectivity index (χ1v) is 5.25. The van der Waals surface area contributed by atoms with E-state index >= 15 is 0 Å². The fraction of sp³-hybridized carbons (Fsp3) is 1.00. The lowest BCUT2D eigenvalue weighted by atomic mass is 9.76. The lowest BCUT2D eigenvalue weighted by molar-refractivity contribution is 0.193. The molecule has 3 N–H and O–H groups in total. The monoisotopic (exact) mass is 170 g/mol. The van der Waals surface area contributed by atoms with E-state index in [4.69, 9.17) is 5.84 Å². The van der Waals surface area contributed by atoms with Crippen LogP contribution in [0.5, 0.6) is 0 Å². The topological polar surface area (TPSA) is 38.0 Å². The molecule has 0 aromatic rings. The van der Waals surface area contributed by atoms with Crippen LogP contribution in [0.25, 0.3) is 0 Å². The first kappa shape index (κ1) is 10.0. The first-order chi connectivity index (χ1) is 5.79.